The highest BCUT2D eigenvalue weighted by Gasteiger charge is 2.23. The SMILES string of the molecule is COc1cnn(C)c1C(=O)c1cc2c(s1)CCSC2. The molecule has 0 aromatic carbocycles. The van der Waals surface area contributed by atoms with Crippen LogP contribution in [0, 0.1) is 0 Å². The first-order valence-electron chi connectivity index (χ1n) is 6.00. The topological polar surface area (TPSA) is 44.1 Å². The summed E-state index contributed by atoms with van der Waals surface area (Å²) in [6.07, 6.45) is 2.65. The number of carbonyl (C=O) groups is 1. The summed E-state index contributed by atoms with van der Waals surface area (Å²) in [7, 11) is 3.32. The van der Waals surface area contributed by atoms with Crippen LogP contribution in [0.15, 0.2) is 12.3 Å². The van der Waals surface area contributed by atoms with Crippen molar-refractivity contribution >= 4 is 28.9 Å². The maximum atomic E-state index is 12.6. The van der Waals surface area contributed by atoms with Gasteiger partial charge in [-0.2, -0.15) is 16.9 Å². The van der Waals surface area contributed by atoms with Gasteiger partial charge < -0.3 is 4.74 Å². The largest absolute Gasteiger partial charge is 0.493 e. The third-order valence-corrected chi connectivity index (χ3v) is 5.44. The molecule has 1 aliphatic rings. The molecule has 1 aliphatic heterocycles. The van der Waals surface area contributed by atoms with Crippen LogP contribution in [0.1, 0.15) is 25.8 Å². The van der Waals surface area contributed by atoms with E-state index in [1.807, 2.05) is 17.8 Å². The number of ketones is 1. The van der Waals surface area contributed by atoms with Gasteiger partial charge in [0.05, 0.1) is 18.2 Å². The van der Waals surface area contributed by atoms with Gasteiger partial charge in [-0.25, -0.2) is 0 Å². The fourth-order valence-corrected chi connectivity index (χ4v) is 4.51. The van der Waals surface area contributed by atoms with Crippen LogP contribution >= 0.6 is 23.1 Å². The van der Waals surface area contributed by atoms with Gasteiger partial charge in [-0.15, -0.1) is 11.3 Å². The Balaban J connectivity index is 1.99. The molecule has 0 fully saturated rings. The maximum absolute atomic E-state index is 12.6. The molecule has 0 radical (unpaired) electrons. The number of aromatic nitrogens is 2. The molecular weight excluding hydrogens is 280 g/mol. The van der Waals surface area contributed by atoms with E-state index in [0.717, 1.165) is 22.8 Å². The van der Waals surface area contributed by atoms with Gasteiger partial charge in [0.15, 0.2) is 11.4 Å². The quantitative estimate of drug-likeness (QED) is 0.816. The van der Waals surface area contributed by atoms with Crippen LogP contribution in [0.3, 0.4) is 0 Å². The van der Waals surface area contributed by atoms with Crippen LogP contribution in [0.4, 0.5) is 0 Å². The number of nitrogens with zero attached hydrogens (tertiary/aromatic N) is 2. The molecule has 2 aromatic rings. The second kappa shape index (κ2) is 5.02. The van der Waals surface area contributed by atoms with E-state index in [0.29, 0.717) is 11.4 Å². The van der Waals surface area contributed by atoms with Gasteiger partial charge in [-0.3, -0.25) is 9.48 Å². The average molecular weight is 294 g/mol. The predicted octanol–water partition coefficient (Wildman–Crippen LogP) is 2.51. The van der Waals surface area contributed by atoms with Crippen molar-refractivity contribution in [2.45, 2.75) is 12.2 Å². The van der Waals surface area contributed by atoms with E-state index in [4.69, 9.17) is 4.74 Å². The highest BCUT2D eigenvalue weighted by molar-refractivity contribution is 7.98. The van der Waals surface area contributed by atoms with Crippen molar-refractivity contribution in [3.8, 4) is 5.75 Å². The first-order valence-corrected chi connectivity index (χ1v) is 7.98. The predicted molar refractivity (Wildman–Crippen MR) is 77.4 cm³/mol. The van der Waals surface area contributed by atoms with Crippen LogP contribution in [-0.4, -0.2) is 28.4 Å². The van der Waals surface area contributed by atoms with Gasteiger partial charge in [0, 0.05) is 17.7 Å². The van der Waals surface area contributed by atoms with Gasteiger partial charge in [0.2, 0.25) is 5.78 Å². The van der Waals surface area contributed by atoms with Crippen LogP contribution in [0.25, 0.3) is 0 Å². The molecule has 0 bridgehead atoms. The second-order valence-electron chi connectivity index (χ2n) is 4.38. The number of methoxy groups -OCH3 is 1. The molecule has 4 nitrogen and oxygen atoms in total. The normalized spacial score (nSPS) is 14.2. The highest BCUT2D eigenvalue weighted by Crippen LogP contribution is 2.33. The fraction of sp³-hybridized carbons (Fsp3) is 0.385. The maximum Gasteiger partial charge on any atom is 0.224 e. The van der Waals surface area contributed by atoms with Gasteiger partial charge in [-0.05, 0) is 23.8 Å². The van der Waals surface area contributed by atoms with E-state index in [9.17, 15) is 4.79 Å². The number of thioether (sulfide) groups is 1. The zero-order valence-electron chi connectivity index (χ0n) is 10.8. The number of thiophene rings is 1. The van der Waals surface area contributed by atoms with Crippen molar-refractivity contribution in [2.75, 3.05) is 12.9 Å². The molecule has 0 atom stereocenters. The first-order chi connectivity index (χ1) is 9.20. The summed E-state index contributed by atoms with van der Waals surface area (Å²) >= 11 is 3.53. The van der Waals surface area contributed by atoms with Crippen LogP contribution in [0.5, 0.6) is 5.75 Å². The number of carbonyl (C=O) groups excluding carboxylic acids is 1. The number of aryl methyl sites for hydroxylation is 2. The summed E-state index contributed by atoms with van der Waals surface area (Å²) in [5.74, 6) is 2.70. The minimum Gasteiger partial charge on any atom is -0.493 e. The number of hydrogen-bond donors (Lipinski definition) is 0. The Bertz CT molecular complexity index is 607. The van der Waals surface area contributed by atoms with E-state index in [1.165, 1.54) is 10.4 Å². The number of ether oxygens (including phenoxy) is 1. The molecule has 6 heteroatoms. The van der Waals surface area contributed by atoms with Gasteiger partial charge >= 0.3 is 0 Å². The van der Waals surface area contributed by atoms with Gasteiger partial charge in [0.25, 0.3) is 0 Å². The zero-order valence-corrected chi connectivity index (χ0v) is 12.4. The summed E-state index contributed by atoms with van der Waals surface area (Å²) in [5, 5.41) is 4.09. The lowest BCUT2D eigenvalue weighted by Crippen LogP contribution is -2.08. The van der Waals surface area contributed by atoms with Crippen molar-refractivity contribution in [3.05, 3.63) is 33.3 Å². The Morgan fingerprint density at radius 2 is 2.37 bits per heavy atom. The molecule has 0 amide bonds. The molecule has 0 spiro atoms. The van der Waals surface area contributed by atoms with E-state index < -0.39 is 0 Å². The monoisotopic (exact) mass is 294 g/mol. The van der Waals surface area contributed by atoms with Crippen LogP contribution < -0.4 is 4.74 Å². The van der Waals surface area contributed by atoms with Gasteiger partial charge in [0.1, 0.15) is 0 Å². The lowest BCUT2D eigenvalue weighted by atomic mass is 10.2. The van der Waals surface area contributed by atoms with Crippen molar-refractivity contribution in [1.29, 1.82) is 0 Å². The van der Waals surface area contributed by atoms with Crippen molar-refractivity contribution in [3.63, 3.8) is 0 Å². The number of rotatable bonds is 3. The second-order valence-corrected chi connectivity index (χ2v) is 6.62. The third-order valence-electron chi connectivity index (χ3n) is 3.19. The van der Waals surface area contributed by atoms with E-state index >= 15 is 0 Å². The van der Waals surface area contributed by atoms with Crippen molar-refractivity contribution in [1.82, 2.24) is 9.78 Å². The van der Waals surface area contributed by atoms with E-state index in [-0.39, 0.29) is 5.78 Å². The molecule has 3 rings (SSSR count). The Morgan fingerprint density at radius 1 is 1.53 bits per heavy atom. The van der Waals surface area contributed by atoms with Crippen LogP contribution in [-0.2, 0) is 19.2 Å². The minimum absolute atomic E-state index is 0.00116. The molecular formula is C13H14N2O2S2. The standard InChI is InChI=1S/C13H14N2O2S2/c1-15-12(9(17-2)6-14-15)13(16)11-5-8-7-18-4-3-10(8)19-11/h5-6H,3-4,7H2,1-2H3. The molecule has 0 saturated heterocycles. The molecule has 0 N–H and O–H groups in total. The molecule has 0 aliphatic carbocycles. The Kier molecular flexibility index (Phi) is 3.36. The lowest BCUT2D eigenvalue weighted by molar-refractivity contribution is 0.103. The van der Waals surface area contributed by atoms with E-state index in [2.05, 4.69) is 5.10 Å². The molecule has 0 saturated carbocycles. The van der Waals surface area contributed by atoms with Gasteiger partial charge in [-0.1, -0.05) is 0 Å². The summed E-state index contributed by atoms with van der Waals surface area (Å²) in [4.78, 5) is 14.7. The first kappa shape index (κ1) is 12.7. The average Bonchev–Trinajstić information content (AvgIpc) is 3.01. The summed E-state index contributed by atoms with van der Waals surface area (Å²) in [6.45, 7) is 0. The molecule has 0 unspecified atom stereocenters. The Labute approximate surface area is 119 Å². The molecule has 3 heterocycles. The highest BCUT2D eigenvalue weighted by atomic mass is 32.2. The summed E-state index contributed by atoms with van der Waals surface area (Å²) < 4.78 is 6.79. The summed E-state index contributed by atoms with van der Waals surface area (Å²) in [5.41, 5.74) is 1.83. The zero-order chi connectivity index (χ0) is 13.4. The van der Waals surface area contributed by atoms with Crippen molar-refractivity contribution < 1.29 is 9.53 Å². The Hall–Kier alpha value is -1.27. The number of fused-ring (bicyclic) bond motifs is 1. The molecule has 2 aromatic heterocycles. The third kappa shape index (κ3) is 2.19. The van der Waals surface area contributed by atoms with Crippen LogP contribution in [0.2, 0.25) is 0 Å². The fourth-order valence-electron chi connectivity index (χ4n) is 2.20. The summed E-state index contributed by atoms with van der Waals surface area (Å²) in [6, 6.07) is 2.03. The number of hydrogen-bond acceptors (Lipinski definition) is 5. The Morgan fingerprint density at radius 3 is 3.11 bits per heavy atom. The minimum atomic E-state index is 0.00116. The molecule has 19 heavy (non-hydrogen) atoms. The van der Waals surface area contributed by atoms with Crippen molar-refractivity contribution in [2.24, 2.45) is 7.05 Å². The van der Waals surface area contributed by atoms with E-state index in [1.54, 1.807) is 36.4 Å². The molecule has 100 valence electrons. The lowest BCUT2D eigenvalue weighted by Gasteiger charge is -2.08. The smallest absolute Gasteiger partial charge is 0.224 e.